The van der Waals surface area contributed by atoms with E-state index in [1.165, 1.54) is 32.1 Å². The molecular formula is C21H26O3. The maximum absolute atomic E-state index is 11.7. The molecule has 0 spiro atoms. The first-order valence-corrected chi connectivity index (χ1v) is 8.71. The van der Waals surface area contributed by atoms with Crippen molar-refractivity contribution in [2.24, 2.45) is 5.92 Å². The molecule has 1 aliphatic carbocycles. The second-order valence-electron chi connectivity index (χ2n) is 6.07. The lowest BCUT2D eigenvalue weighted by Crippen LogP contribution is -2.26. The van der Waals surface area contributed by atoms with Crippen molar-refractivity contribution >= 4 is 5.97 Å². The third-order valence-corrected chi connectivity index (χ3v) is 4.35. The van der Waals surface area contributed by atoms with Crippen LogP contribution in [-0.4, -0.2) is 25.3 Å². The quantitative estimate of drug-likeness (QED) is 0.423. The number of rotatable bonds is 7. The summed E-state index contributed by atoms with van der Waals surface area (Å²) < 4.78 is 11.0. The highest BCUT2D eigenvalue weighted by atomic mass is 16.5. The zero-order valence-electron chi connectivity index (χ0n) is 14.2. The molecule has 0 radical (unpaired) electrons. The largest absolute Gasteiger partial charge is 0.449 e. The molecule has 1 fully saturated rings. The molecule has 24 heavy (non-hydrogen) atoms. The van der Waals surface area contributed by atoms with Crippen LogP contribution in [-0.2, 0) is 9.47 Å². The fourth-order valence-corrected chi connectivity index (χ4v) is 3.08. The fraction of sp³-hybridized carbons (Fsp3) is 0.476. The van der Waals surface area contributed by atoms with Crippen LogP contribution in [0.25, 0.3) is 0 Å². The summed E-state index contributed by atoms with van der Waals surface area (Å²) in [5.74, 6) is 6.05. The number of hydrogen-bond donors (Lipinski definition) is 0. The predicted molar refractivity (Wildman–Crippen MR) is 95.6 cm³/mol. The average Bonchev–Trinajstić information content (AvgIpc) is 2.65. The van der Waals surface area contributed by atoms with Gasteiger partial charge in [0.2, 0.25) is 0 Å². The van der Waals surface area contributed by atoms with E-state index in [2.05, 4.69) is 18.4 Å². The lowest BCUT2D eigenvalue weighted by Gasteiger charge is -2.29. The zero-order chi connectivity index (χ0) is 17.0. The molecule has 3 nitrogen and oxygen atoms in total. The van der Waals surface area contributed by atoms with Crippen LogP contribution in [0.15, 0.2) is 43.0 Å². The molecule has 128 valence electrons. The van der Waals surface area contributed by atoms with E-state index in [0.717, 1.165) is 6.42 Å². The van der Waals surface area contributed by atoms with Crippen molar-refractivity contribution in [3.8, 4) is 11.8 Å². The van der Waals surface area contributed by atoms with Gasteiger partial charge in [-0.15, -0.1) is 6.58 Å². The van der Waals surface area contributed by atoms with Crippen molar-refractivity contribution in [2.75, 3.05) is 13.2 Å². The van der Waals surface area contributed by atoms with Gasteiger partial charge in [0.15, 0.2) is 6.61 Å². The monoisotopic (exact) mass is 326 g/mol. The Labute approximate surface area is 145 Å². The molecule has 0 aromatic heterocycles. The molecule has 0 aliphatic heterocycles. The van der Waals surface area contributed by atoms with E-state index >= 15 is 0 Å². The summed E-state index contributed by atoms with van der Waals surface area (Å²) in [7, 11) is 0. The van der Waals surface area contributed by atoms with E-state index in [9.17, 15) is 4.79 Å². The van der Waals surface area contributed by atoms with E-state index in [0.29, 0.717) is 18.1 Å². The summed E-state index contributed by atoms with van der Waals surface area (Å²) in [5.41, 5.74) is 0.541. The van der Waals surface area contributed by atoms with Crippen molar-refractivity contribution < 1.29 is 14.3 Å². The first kappa shape index (κ1) is 18.3. The van der Waals surface area contributed by atoms with Crippen molar-refractivity contribution in [1.29, 1.82) is 0 Å². The Morgan fingerprint density at radius 1 is 1.17 bits per heavy atom. The lowest BCUT2D eigenvalue weighted by atomic mass is 9.84. The maximum Gasteiger partial charge on any atom is 0.339 e. The first-order chi connectivity index (χ1) is 11.8. The van der Waals surface area contributed by atoms with Crippen LogP contribution in [0.3, 0.4) is 0 Å². The summed E-state index contributed by atoms with van der Waals surface area (Å²) in [6, 6.07) is 8.92. The van der Waals surface area contributed by atoms with Crippen molar-refractivity contribution in [3.05, 3.63) is 48.6 Å². The highest BCUT2D eigenvalue weighted by molar-refractivity contribution is 5.89. The van der Waals surface area contributed by atoms with Gasteiger partial charge in [-0.05, 0) is 37.3 Å². The van der Waals surface area contributed by atoms with Crippen molar-refractivity contribution in [1.82, 2.24) is 0 Å². The Morgan fingerprint density at radius 3 is 2.58 bits per heavy atom. The van der Waals surface area contributed by atoms with Gasteiger partial charge < -0.3 is 9.47 Å². The fourth-order valence-electron chi connectivity index (χ4n) is 3.08. The topological polar surface area (TPSA) is 35.5 Å². The molecule has 1 unspecified atom stereocenters. The van der Waals surface area contributed by atoms with E-state index in [-0.39, 0.29) is 18.7 Å². The molecule has 3 heteroatoms. The van der Waals surface area contributed by atoms with Crippen LogP contribution in [0.4, 0.5) is 0 Å². The molecule has 2 rings (SSSR count). The lowest BCUT2D eigenvalue weighted by molar-refractivity contribution is 0.0206. The molecule has 1 aliphatic rings. The van der Waals surface area contributed by atoms with Crippen LogP contribution in [0.2, 0.25) is 0 Å². The minimum absolute atomic E-state index is 0.0899. The van der Waals surface area contributed by atoms with E-state index in [1.54, 1.807) is 24.3 Å². The highest BCUT2D eigenvalue weighted by Gasteiger charge is 2.22. The van der Waals surface area contributed by atoms with E-state index in [4.69, 9.17) is 9.47 Å². The number of carbonyl (C=O) groups excluding carboxylic acids is 1. The van der Waals surface area contributed by atoms with Crippen LogP contribution in [0, 0.1) is 17.8 Å². The molecule has 1 atom stereocenters. The van der Waals surface area contributed by atoms with Gasteiger partial charge in [0.25, 0.3) is 0 Å². The minimum Gasteiger partial charge on any atom is -0.449 e. The van der Waals surface area contributed by atoms with Gasteiger partial charge in [-0.25, -0.2) is 4.79 Å². The molecule has 1 aromatic rings. The second kappa shape index (κ2) is 10.7. The van der Waals surface area contributed by atoms with Gasteiger partial charge in [-0.2, -0.15) is 0 Å². The normalized spacial score (nSPS) is 15.8. The summed E-state index contributed by atoms with van der Waals surface area (Å²) in [5, 5.41) is 0. The SMILES string of the molecule is C=CCC(OCC#CCOC(=O)c1ccccc1)C1CCCCC1. The molecule has 0 bridgehead atoms. The standard InChI is InChI=1S/C21H26O3/c1-2-11-20(18-12-5-3-6-13-18)23-16-9-10-17-24-21(22)19-14-7-4-8-15-19/h2,4,7-8,14-15,18,20H,1,3,5-6,11-13,16-17H2. The van der Waals surface area contributed by atoms with Crippen LogP contribution in [0.5, 0.6) is 0 Å². The summed E-state index contributed by atoms with van der Waals surface area (Å²) in [4.78, 5) is 11.7. The Kier molecular flexibility index (Phi) is 8.13. The van der Waals surface area contributed by atoms with Gasteiger partial charge in [0.05, 0.1) is 11.7 Å². The Bertz CT molecular complexity index is 562. The molecule has 1 saturated carbocycles. The molecule has 0 amide bonds. The van der Waals surface area contributed by atoms with Crippen LogP contribution < -0.4 is 0 Å². The predicted octanol–water partition coefficient (Wildman–Crippen LogP) is 4.39. The number of hydrogen-bond acceptors (Lipinski definition) is 3. The number of benzene rings is 1. The first-order valence-electron chi connectivity index (χ1n) is 8.71. The summed E-state index contributed by atoms with van der Waals surface area (Å²) in [6.45, 7) is 4.29. The summed E-state index contributed by atoms with van der Waals surface area (Å²) >= 11 is 0. The van der Waals surface area contributed by atoms with Gasteiger partial charge in [-0.1, -0.05) is 55.4 Å². The summed E-state index contributed by atoms with van der Waals surface area (Å²) in [6.07, 6.45) is 9.41. The Morgan fingerprint density at radius 2 is 1.88 bits per heavy atom. The number of carbonyl (C=O) groups is 1. The number of ether oxygens (including phenoxy) is 2. The molecule has 1 aromatic carbocycles. The van der Waals surface area contributed by atoms with Crippen LogP contribution >= 0.6 is 0 Å². The third-order valence-electron chi connectivity index (χ3n) is 4.35. The van der Waals surface area contributed by atoms with E-state index in [1.807, 2.05) is 12.1 Å². The van der Waals surface area contributed by atoms with Crippen molar-refractivity contribution in [3.63, 3.8) is 0 Å². The van der Waals surface area contributed by atoms with Gasteiger partial charge in [0, 0.05) is 0 Å². The maximum atomic E-state index is 11.7. The minimum atomic E-state index is -0.349. The second-order valence-corrected chi connectivity index (χ2v) is 6.07. The zero-order valence-corrected chi connectivity index (χ0v) is 14.2. The van der Waals surface area contributed by atoms with E-state index < -0.39 is 0 Å². The number of esters is 1. The Balaban J connectivity index is 1.69. The van der Waals surface area contributed by atoms with Gasteiger partial charge >= 0.3 is 5.97 Å². The Hall–Kier alpha value is -2.05. The van der Waals surface area contributed by atoms with Gasteiger partial charge in [0.1, 0.15) is 6.61 Å². The molecule has 0 saturated heterocycles. The smallest absolute Gasteiger partial charge is 0.339 e. The average molecular weight is 326 g/mol. The molecule has 0 N–H and O–H groups in total. The van der Waals surface area contributed by atoms with Crippen molar-refractivity contribution in [2.45, 2.75) is 44.6 Å². The molecule has 0 heterocycles. The third kappa shape index (κ3) is 6.22. The highest BCUT2D eigenvalue weighted by Crippen LogP contribution is 2.29. The van der Waals surface area contributed by atoms with Crippen LogP contribution in [0.1, 0.15) is 48.9 Å². The van der Waals surface area contributed by atoms with Gasteiger partial charge in [-0.3, -0.25) is 0 Å². The molecular weight excluding hydrogens is 300 g/mol.